The van der Waals surface area contributed by atoms with Crippen molar-refractivity contribution in [1.29, 1.82) is 0 Å². The van der Waals surface area contributed by atoms with E-state index in [-0.39, 0.29) is 24.5 Å². The molecule has 0 saturated carbocycles. The van der Waals surface area contributed by atoms with Gasteiger partial charge in [-0.2, -0.15) is 4.31 Å². The summed E-state index contributed by atoms with van der Waals surface area (Å²) >= 11 is 9.27. The summed E-state index contributed by atoms with van der Waals surface area (Å²) in [6, 6.07) is 18.4. The molecule has 0 fully saturated rings. The van der Waals surface area contributed by atoms with Gasteiger partial charge in [0.25, 0.3) is 0 Å². The fourth-order valence-electron chi connectivity index (χ4n) is 3.18. The molecular formula is C24H24BrClN2O5S. The molecule has 3 aromatic rings. The van der Waals surface area contributed by atoms with E-state index in [4.69, 9.17) is 21.1 Å². The average Bonchev–Trinajstić information content (AvgIpc) is 2.83. The second-order valence-electron chi connectivity index (χ2n) is 7.32. The van der Waals surface area contributed by atoms with Crippen molar-refractivity contribution in [2.75, 3.05) is 20.8 Å². The second-order valence-corrected chi connectivity index (χ2v) is 10.6. The Morgan fingerprint density at radius 2 is 1.56 bits per heavy atom. The summed E-state index contributed by atoms with van der Waals surface area (Å²) < 4.78 is 39.1. The summed E-state index contributed by atoms with van der Waals surface area (Å²) in [5, 5.41) is 3.32. The molecule has 3 rings (SSSR count). The number of methoxy groups -OCH3 is 2. The number of carbonyl (C=O) groups is 1. The van der Waals surface area contributed by atoms with Crippen molar-refractivity contribution in [3.8, 4) is 11.5 Å². The Hall–Kier alpha value is -2.59. The summed E-state index contributed by atoms with van der Waals surface area (Å²) in [4.78, 5) is 12.9. The van der Waals surface area contributed by atoms with Gasteiger partial charge in [-0.05, 0) is 59.7 Å². The van der Waals surface area contributed by atoms with Crippen LogP contribution in [0, 0.1) is 0 Å². The largest absolute Gasteiger partial charge is 0.493 e. The van der Waals surface area contributed by atoms with Gasteiger partial charge in [-0.1, -0.05) is 45.7 Å². The molecule has 0 aliphatic rings. The summed E-state index contributed by atoms with van der Waals surface area (Å²) in [5.74, 6) is 0.674. The highest BCUT2D eigenvalue weighted by atomic mass is 79.9. The zero-order chi connectivity index (χ0) is 24.7. The zero-order valence-corrected chi connectivity index (χ0v) is 21.8. The molecule has 0 unspecified atom stereocenters. The van der Waals surface area contributed by atoms with E-state index < -0.39 is 15.9 Å². The topological polar surface area (TPSA) is 84.9 Å². The van der Waals surface area contributed by atoms with Gasteiger partial charge >= 0.3 is 0 Å². The molecule has 0 radical (unpaired) electrons. The first kappa shape index (κ1) is 26.0. The molecule has 34 heavy (non-hydrogen) atoms. The van der Waals surface area contributed by atoms with Crippen molar-refractivity contribution in [1.82, 2.24) is 9.62 Å². The number of benzene rings is 3. The quantitative estimate of drug-likeness (QED) is 0.386. The maximum atomic E-state index is 13.4. The number of nitrogens with one attached hydrogen (secondary N) is 1. The number of hydrogen-bond donors (Lipinski definition) is 1. The highest BCUT2D eigenvalue weighted by Crippen LogP contribution is 2.27. The lowest BCUT2D eigenvalue weighted by Crippen LogP contribution is -2.40. The highest BCUT2D eigenvalue weighted by Gasteiger charge is 2.27. The van der Waals surface area contributed by atoms with Crippen LogP contribution < -0.4 is 14.8 Å². The molecule has 7 nitrogen and oxygen atoms in total. The van der Waals surface area contributed by atoms with E-state index >= 15 is 0 Å². The van der Waals surface area contributed by atoms with E-state index in [1.807, 2.05) is 0 Å². The lowest BCUT2D eigenvalue weighted by Gasteiger charge is -2.22. The molecule has 0 heterocycles. The van der Waals surface area contributed by atoms with Gasteiger partial charge in [0, 0.05) is 22.6 Å². The van der Waals surface area contributed by atoms with Crippen molar-refractivity contribution >= 4 is 43.5 Å². The first-order chi connectivity index (χ1) is 16.2. The Morgan fingerprint density at radius 1 is 0.941 bits per heavy atom. The van der Waals surface area contributed by atoms with Crippen molar-refractivity contribution in [2.24, 2.45) is 0 Å². The van der Waals surface area contributed by atoms with Crippen LogP contribution in [-0.2, 0) is 27.9 Å². The van der Waals surface area contributed by atoms with Crippen molar-refractivity contribution < 1.29 is 22.7 Å². The smallest absolute Gasteiger partial charge is 0.243 e. The molecule has 3 aromatic carbocycles. The van der Waals surface area contributed by atoms with Gasteiger partial charge in [0.05, 0.1) is 25.7 Å². The Labute approximate surface area is 212 Å². The first-order valence-electron chi connectivity index (χ1n) is 10.2. The van der Waals surface area contributed by atoms with Gasteiger partial charge in [-0.3, -0.25) is 4.79 Å². The normalized spacial score (nSPS) is 11.3. The molecule has 0 aliphatic heterocycles. The monoisotopic (exact) mass is 566 g/mol. The number of nitrogens with zero attached hydrogens (tertiary/aromatic N) is 1. The molecule has 0 aromatic heterocycles. The number of rotatable bonds is 10. The number of amides is 1. The van der Waals surface area contributed by atoms with Gasteiger partial charge in [-0.15, -0.1) is 0 Å². The Balaban J connectivity index is 1.78. The molecular weight excluding hydrogens is 544 g/mol. The third-order valence-electron chi connectivity index (χ3n) is 4.98. The molecule has 0 aliphatic carbocycles. The van der Waals surface area contributed by atoms with Crippen LogP contribution in [-0.4, -0.2) is 39.4 Å². The summed E-state index contributed by atoms with van der Waals surface area (Å²) in [6.07, 6.45) is 0. The lowest BCUT2D eigenvalue weighted by atomic mass is 10.2. The summed E-state index contributed by atoms with van der Waals surface area (Å²) in [7, 11) is -0.870. The molecule has 180 valence electrons. The minimum atomic E-state index is -3.94. The van der Waals surface area contributed by atoms with Gasteiger partial charge in [0.2, 0.25) is 15.9 Å². The minimum absolute atomic E-state index is 0.0132. The third-order valence-corrected chi connectivity index (χ3v) is 7.57. The van der Waals surface area contributed by atoms with Crippen LogP contribution in [0.5, 0.6) is 11.5 Å². The van der Waals surface area contributed by atoms with Crippen LogP contribution in [0.2, 0.25) is 5.02 Å². The van der Waals surface area contributed by atoms with Gasteiger partial charge < -0.3 is 14.8 Å². The zero-order valence-electron chi connectivity index (χ0n) is 18.6. The molecule has 1 amide bonds. The maximum absolute atomic E-state index is 13.4. The molecule has 0 saturated heterocycles. The SMILES string of the molecule is COc1ccc(CNC(=O)CN(Cc2ccc(Cl)cc2)S(=O)(=O)c2ccc(Br)cc2)cc1OC. The highest BCUT2D eigenvalue weighted by molar-refractivity contribution is 9.10. The summed E-state index contributed by atoms with van der Waals surface area (Å²) in [6.45, 7) is -0.139. The molecule has 0 bridgehead atoms. The Bertz CT molecular complexity index is 1240. The predicted octanol–water partition coefficient (Wildman–Crippen LogP) is 4.63. The minimum Gasteiger partial charge on any atom is -0.493 e. The van der Waals surface area contributed by atoms with Gasteiger partial charge in [0.1, 0.15) is 0 Å². The first-order valence-corrected chi connectivity index (χ1v) is 12.8. The molecule has 0 atom stereocenters. The number of hydrogen-bond acceptors (Lipinski definition) is 5. The predicted molar refractivity (Wildman–Crippen MR) is 135 cm³/mol. The van der Waals surface area contributed by atoms with Crippen LogP contribution in [0.3, 0.4) is 0 Å². The summed E-state index contributed by atoms with van der Waals surface area (Å²) in [5.41, 5.74) is 1.49. The van der Waals surface area contributed by atoms with Crippen molar-refractivity contribution in [2.45, 2.75) is 18.0 Å². The Morgan fingerprint density at radius 3 is 2.18 bits per heavy atom. The van der Waals surface area contributed by atoms with Crippen LogP contribution in [0.25, 0.3) is 0 Å². The van der Waals surface area contributed by atoms with Crippen molar-refractivity contribution in [3.05, 3.63) is 87.4 Å². The van der Waals surface area contributed by atoms with E-state index in [0.29, 0.717) is 22.1 Å². The van der Waals surface area contributed by atoms with E-state index in [0.717, 1.165) is 14.3 Å². The third kappa shape index (κ3) is 6.73. The number of sulfonamides is 1. The van der Waals surface area contributed by atoms with Crippen LogP contribution in [0.15, 0.2) is 76.1 Å². The van der Waals surface area contributed by atoms with Crippen LogP contribution in [0.4, 0.5) is 0 Å². The average molecular weight is 568 g/mol. The number of halogens is 2. The van der Waals surface area contributed by atoms with E-state index in [2.05, 4.69) is 21.2 Å². The Kier molecular flexibility index (Phi) is 8.96. The van der Waals surface area contributed by atoms with E-state index in [1.165, 1.54) is 19.2 Å². The fourth-order valence-corrected chi connectivity index (χ4v) is 4.96. The van der Waals surface area contributed by atoms with Crippen LogP contribution in [0.1, 0.15) is 11.1 Å². The number of ether oxygens (including phenoxy) is 2. The van der Waals surface area contributed by atoms with Gasteiger partial charge in [-0.25, -0.2) is 8.42 Å². The van der Waals surface area contributed by atoms with E-state index in [1.54, 1.807) is 61.7 Å². The molecule has 0 spiro atoms. The standard InChI is InChI=1S/C24H24BrClN2O5S/c1-32-22-12-5-18(13-23(22)33-2)14-27-24(29)16-28(15-17-3-8-20(26)9-4-17)34(30,31)21-10-6-19(25)7-11-21/h3-13H,14-16H2,1-2H3,(H,27,29). The maximum Gasteiger partial charge on any atom is 0.243 e. The van der Waals surface area contributed by atoms with Gasteiger partial charge in [0.15, 0.2) is 11.5 Å². The van der Waals surface area contributed by atoms with Crippen LogP contribution >= 0.6 is 27.5 Å². The number of carbonyl (C=O) groups excluding carboxylic acids is 1. The van der Waals surface area contributed by atoms with E-state index in [9.17, 15) is 13.2 Å². The van der Waals surface area contributed by atoms with Crippen molar-refractivity contribution in [3.63, 3.8) is 0 Å². The second kappa shape index (κ2) is 11.7. The lowest BCUT2D eigenvalue weighted by molar-refractivity contribution is -0.121. The molecule has 1 N–H and O–H groups in total. The fraction of sp³-hybridized carbons (Fsp3) is 0.208. The molecule has 10 heteroatoms.